The zero-order valence-corrected chi connectivity index (χ0v) is 16.7. The molecule has 8 heteroatoms. The Hall–Kier alpha value is -3.58. The van der Waals surface area contributed by atoms with Crippen LogP contribution in [0.5, 0.6) is 0 Å². The van der Waals surface area contributed by atoms with E-state index < -0.39 is 0 Å². The van der Waals surface area contributed by atoms with Gasteiger partial charge in [0, 0.05) is 35.4 Å². The van der Waals surface area contributed by atoms with Gasteiger partial charge in [-0.1, -0.05) is 17.7 Å². The fourth-order valence-electron chi connectivity index (χ4n) is 3.46. The monoisotopic (exact) mass is 418 g/mol. The minimum absolute atomic E-state index is 0.360. The molecule has 0 unspecified atom stereocenters. The van der Waals surface area contributed by atoms with Crippen LogP contribution in [0, 0.1) is 5.82 Å². The van der Waals surface area contributed by atoms with E-state index >= 15 is 0 Å². The highest BCUT2D eigenvalue weighted by Crippen LogP contribution is 2.33. The Kier molecular flexibility index (Phi) is 4.52. The van der Waals surface area contributed by atoms with Gasteiger partial charge in [0.05, 0.1) is 22.5 Å². The highest BCUT2D eigenvalue weighted by Gasteiger charge is 2.16. The molecule has 0 aliphatic carbocycles. The first-order chi connectivity index (χ1) is 14.6. The molecular formula is C22H16ClFN6. The quantitative estimate of drug-likeness (QED) is 0.426. The molecule has 0 spiro atoms. The summed E-state index contributed by atoms with van der Waals surface area (Å²) < 4.78 is 16.2. The molecule has 6 nitrogen and oxygen atoms in total. The Morgan fingerprint density at radius 2 is 2.03 bits per heavy atom. The number of nitrogens with one attached hydrogen (secondary N) is 1. The van der Waals surface area contributed by atoms with Crippen molar-refractivity contribution >= 4 is 22.5 Å². The molecule has 0 aliphatic rings. The standard InChI is InChI=1S/C22H16ClFN6/c1-2-30-22(28-21(29-30)19-12-25-8-9-26-19)13-6-7-17-14(10-13)11-18(27-17)20-15(23)4-3-5-16(20)24/h3-12,27H,2H2,1H3. The van der Waals surface area contributed by atoms with Crippen molar-refractivity contribution in [1.82, 2.24) is 29.7 Å². The van der Waals surface area contributed by atoms with E-state index in [9.17, 15) is 4.39 Å². The van der Waals surface area contributed by atoms with Crippen molar-refractivity contribution in [3.63, 3.8) is 0 Å². The molecule has 0 saturated heterocycles. The molecule has 1 N–H and O–H groups in total. The van der Waals surface area contributed by atoms with Gasteiger partial charge in [0.1, 0.15) is 11.5 Å². The summed E-state index contributed by atoms with van der Waals surface area (Å²) in [7, 11) is 0. The van der Waals surface area contributed by atoms with Gasteiger partial charge in [-0.3, -0.25) is 4.98 Å². The number of hydrogen-bond donors (Lipinski definition) is 1. The number of aromatic nitrogens is 6. The molecule has 0 bridgehead atoms. The van der Waals surface area contributed by atoms with Crippen molar-refractivity contribution in [3.05, 3.63) is 71.9 Å². The Bertz CT molecular complexity index is 1340. The van der Waals surface area contributed by atoms with Gasteiger partial charge in [-0.05, 0) is 43.3 Å². The summed E-state index contributed by atoms with van der Waals surface area (Å²) in [6, 6.07) is 12.5. The molecular weight excluding hydrogens is 403 g/mol. The van der Waals surface area contributed by atoms with Gasteiger partial charge in [-0.15, -0.1) is 5.10 Å². The predicted molar refractivity (Wildman–Crippen MR) is 114 cm³/mol. The maximum atomic E-state index is 14.3. The van der Waals surface area contributed by atoms with E-state index in [4.69, 9.17) is 11.6 Å². The molecule has 0 amide bonds. The Balaban J connectivity index is 1.60. The maximum absolute atomic E-state index is 14.3. The van der Waals surface area contributed by atoms with Crippen LogP contribution in [0.2, 0.25) is 5.02 Å². The molecule has 148 valence electrons. The SMILES string of the molecule is CCn1nc(-c2cnccn2)nc1-c1ccc2[nH]c(-c3c(F)cccc3Cl)cc2c1. The van der Waals surface area contributed by atoms with E-state index in [-0.39, 0.29) is 5.82 Å². The molecule has 0 aliphatic heterocycles. The molecule has 2 aromatic carbocycles. The lowest BCUT2D eigenvalue weighted by atomic mass is 10.1. The van der Waals surface area contributed by atoms with Crippen LogP contribution < -0.4 is 0 Å². The summed E-state index contributed by atoms with van der Waals surface area (Å²) in [4.78, 5) is 16.3. The highest BCUT2D eigenvalue weighted by molar-refractivity contribution is 6.33. The van der Waals surface area contributed by atoms with Crippen molar-refractivity contribution in [1.29, 1.82) is 0 Å². The van der Waals surface area contributed by atoms with E-state index in [2.05, 4.69) is 25.0 Å². The van der Waals surface area contributed by atoms with Crippen LogP contribution >= 0.6 is 11.6 Å². The van der Waals surface area contributed by atoms with Crippen molar-refractivity contribution < 1.29 is 4.39 Å². The molecule has 3 heterocycles. The van der Waals surface area contributed by atoms with E-state index in [1.54, 1.807) is 30.7 Å². The maximum Gasteiger partial charge on any atom is 0.201 e. The fraction of sp³-hybridized carbons (Fsp3) is 0.0909. The number of hydrogen-bond acceptors (Lipinski definition) is 4. The van der Waals surface area contributed by atoms with Gasteiger partial charge in [-0.25, -0.2) is 19.0 Å². The molecule has 5 rings (SSSR count). The van der Waals surface area contributed by atoms with Crippen LogP contribution in [0.3, 0.4) is 0 Å². The Morgan fingerprint density at radius 1 is 1.13 bits per heavy atom. The minimum Gasteiger partial charge on any atom is -0.354 e. The zero-order valence-electron chi connectivity index (χ0n) is 16.0. The van der Waals surface area contributed by atoms with Crippen molar-refractivity contribution in [2.24, 2.45) is 0 Å². The average molecular weight is 419 g/mol. The number of benzene rings is 2. The molecule has 0 saturated carbocycles. The molecule has 30 heavy (non-hydrogen) atoms. The molecule has 3 aromatic heterocycles. The van der Waals surface area contributed by atoms with Gasteiger partial charge in [0.25, 0.3) is 0 Å². The third kappa shape index (κ3) is 3.13. The lowest BCUT2D eigenvalue weighted by molar-refractivity contribution is 0.631. The summed E-state index contributed by atoms with van der Waals surface area (Å²) >= 11 is 6.23. The number of aryl methyl sites for hydroxylation is 1. The average Bonchev–Trinajstić information content (AvgIpc) is 3.38. The second-order valence-corrected chi connectivity index (χ2v) is 7.15. The van der Waals surface area contributed by atoms with Crippen LogP contribution in [0.4, 0.5) is 4.39 Å². The fourth-order valence-corrected chi connectivity index (χ4v) is 3.73. The largest absolute Gasteiger partial charge is 0.354 e. The number of fused-ring (bicyclic) bond motifs is 1. The van der Waals surface area contributed by atoms with Crippen LogP contribution in [0.15, 0.2) is 61.1 Å². The minimum atomic E-state index is -0.367. The second kappa shape index (κ2) is 7.35. The summed E-state index contributed by atoms with van der Waals surface area (Å²) in [5.74, 6) is 0.883. The van der Waals surface area contributed by atoms with E-state index in [0.717, 1.165) is 22.3 Å². The van der Waals surface area contributed by atoms with Gasteiger partial charge in [0.2, 0.25) is 5.82 Å². The first-order valence-corrected chi connectivity index (χ1v) is 9.80. The first-order valence-electron chi connectivity index (χ1n) is 9.43. The number of nitrogens with zero attached hydrogens (tertiary/aromatic N) is 5. The van der Waals surface area contributed by atoms with Gasteiger partial charge in [0.15, 0.2) is 5.82 Å². The molecule has 0 atom stereocenters. The number of H-pyrrole nitrogens is 1. The molecule has 5 aromatic rings. The lowest BCUT2D eigenvalue weighted by Gasteiger charge is -2.02. The Labute approximate surface area is 176 Å². The lowest BCUT2D eigenvalue weighted by Crippen LogP contribution is -1.99. The van der Waals surface area contributed by atoms with E-state index in [1.807, 2.05) is 35.9 Å². The van der Waals surface area contributed by atoms with Crippen LogP contribution in [0.25, 0.3) is 45.1 Å². The normalized spacial score (nSPS) is 11.3. The topological polar surface area (TPSA) is 72.3 Å². The van der Waals surface area contributed by atoms with Crippen LogP contribution in [0.1, 0.15) is 6.92 Å². The molecule has 0 fully saturated rings. The van der Waals surface area contributed by atoms with Crippen molar-refractivity contribution in [2.45, 2.75) is 13.5 Å². The third-order valence-electron chi connectivity index (χ3n) is 4.87. The summed E-state index contributed by atoms with van der Waals surface area (Å²) in [6.07, 6.45) is 4.86. The van der Waals surface area contributed by atoms with Crippen LogP contribution in [-0.4, -0.2) is 29.7 Å². The van der Waals surface area contributed by atoms with Crippen molar-refractivity contribution in [3.8, 4) is 34.2 Å². The summed E-state index contributed by atoms with van der Waals surface area (Å²) in [5.41, 5.74) is 3.38. The second-order valence-electron chi connectivity index (χ2n) is 6.75. The number of rotatable bonds is 4. The molecule has 0 radical (unpaired) electrons. The third-order valence-corrected chi connectivity index (χ3v) is 5.19. The highest BCUT2D eigenvalue weighted by atomic mass is 35.5. The Morgan fingerprint density at radius 3 is 2.80 bits per heavy atom. The zero-order chi connectivity index (χ0) is 20.7. The number of halogens is 2. The smallest absolute Gasteiger partial charge is 0.201 e. The predicted octanol–water partition coefficient (Wildman–Crippen LogP) is 5.36. The summed E-state index contributed by atoms with van der Waals surface area (Å²) in [6.45, 7) is 2.66. The number of aromatic amines is 1. The van der Waals surface area contributed by atoms with Crippen LogP contribution in [-0.2, 0) is 6.54 Å². The van der Waals surface area contributed by atoms with Gasteiger partial charge in [-0.2, -0.15) is 0 Å². The first kappa shape index (κ1) is 18.4. The van der Waals surface area contributed by atoms with E-state index in [0.29, 0.717) is 34.3 Å². The van der Waals surface area contributed by atoms with Crippen molar-refractivity contribution in [2.75, 3.05) is 0 Å². The summed E-state index contributed by atoms with van der Waals surface area (Å²) in [5, 5.41) is 5.85. The van der Waals surface area contributed by atoms with Gasteiger partial charge < -0.3 is 4.98 Å². The van der Waals surface area contributed by atoms with E-state index in [1.165, 1.54) is 6.07 Å². The van der Waals surface area contributed by atoms with Gasteiger partial charge >= 0.3 is 0 Å².